The molecule has 0 spiro atoms. The molecule has 0 bridgehead atoms. The Morgan fingerprint density at radius 3 is 3.13 bits per heavy atom. The van der Waals surface area contributed by atoms with Gasteiger partial charge in [0.05, 0.1) is 12.7 Å². The normalized spacial score (nSPS) is 27.2. The molecule has 0 unspecified atom stereocenters. The van der Waals surface area contributed by atoms with Crippen molar-refractivity contribution in [1.29, 1.82) is 0 Å². The number of urea groups is 1. The van der Waals surface area contributed by atoms with Crippen LogP contribution in [-0.2, 0) is 4.74 Å². The number of ether oxygens (including phenoxy) is 2. The molecule has 2 fully saturated rings. The zero-order valence-electron chi connectivity index (χ0n) is 13.9. The predicted octanol–water partition coefficient (Wildman–Crippen LogP) is 2.01. The van der Waals surface area contributed by atoms with Gasteiger partial charge in [0.1, 0.15) is 0 Å². The highest BCUT2D eigenvalue weighted by Crippen LogP contribution is 2.40. The van der Waals surface area contributed by atoms with Gasteiger partial charge >= 0.3 is 6.03 Å². The summed E-state index contributed by atoms with van der Waals surface area (Å²) in [6, 6.07) is 5.71. The summed E-state index contributed by atoms with van der Waals surface area (Å²) < 4.78 is 12.0. The second-order valence-corrected chi connectivity index (χ2v) is 6.67. The minimum absolute atomic E-state index is 0.0613. The Bertz CT molecular complexity index is 537. The van der Waals surface area contributed by atoms with Crippen LogP contribution in [0.2, 0.25) is 0 Å². The second-order valence-electron chi connectivity index (χ2n) is 6.67. The zero-order valence-corrected chi connectivity index (χ0v) is 13.9. The Morgan fingerprint density at radius 2 is 2.39 bits per heavy atom. The van der Waals surface area contributed by atoms with Gasteiger partial charge < -0.3 is 19.3 Å². The quantitative estimate of drug-likeness (QED) is 0.855. The van der Waals surface area contributed by atoms with Gasteiger partial charge in [-0.15, -0.1) is 0 Å². The summed E-state index contributed by atoms with van der Waals surface area (Å²) in [6.07, 6.45) is 4.77. The van der Waals surface area contributed by atoms with Crippen LogP contribution in [-0.4, -0.2) is 67.3 Å². The number of likely N-dealkylation sites (tertiary alicyclic amines) is 1. The molecule has 2 aliphatic rings. The first-order valence-corrected chi connectivity index (χ1v) is 8.22. The van der Waals surface area contributed by atoms with E-state index in [1.165, 1.54) is 0 Å². The fourth-order valence-corrected chi connectivity index (χ4v) is 3.60. The summed E-state index contributed by atoms with van der Waals surface area (Å²) in [5, 5.41) is 0. The first-order chi connectivity index (χ1) is 11.1. The van der Waals surface area contributed by atoms with Gasteiger partial charge in [-0.2, -0.15) is 0 Å². The van der Waals surface area contributed by atoms with Crippen LogP contribution in [0.1, 0.15) is 19.3 Å². The molecule has 0 N–H and O–H groups in total. The van der Waals surface area contributed by atoms with Crippen LogP contribution in [0.25, 0.3) is 0 Å². The van der Waals surface area contributed by atoms with Crippen molar-refractivity contribution in [3.63, 3.8) is 0 Å². The molecule has 3 heterocycles. The number of aromatic nitrogens is 1. The third-order valence-electron chi connectivity index (χ3n) is 4.79. The topological polar surface area (TPSA) is 54.9 Å². The number of piperidine rings is 1. The monoisotopic (exact) mass is 319 g/mol. The van der Waals surface area contributed by atoms with Crippen LogP contribution in [0, 0.1) is 5.41 Å². The largest absolute Gasteiger partial charge is 0.477 e. The molecule has 2 atom stereocenters. The number of fused-ring (bicyclic) bond motifs is 1. The fraction of sp³-hybridized carbons (Fsp3) is 0.647. The van der Waals surface area contributed by atoms with Crippen LogP contribution in [0.3, 0.4) is 0 Å². The minimum atomic E-state index is -0.139. The molecule has 6 nitrogen and oxygen atoms in total. The highest BCUT2D eigenvalue weighted by molar-refractivity contribution is 5.74. The van der Waals surface area contributed by atoms with Crippen molar-refractivity contribution in [2.24, 2.45) is 5.41 Å². The Kier molecular flexibility index (Phi) is 4.71. The van der Waals surface area contributed by atoms with E-state index in [-0.39, 0.29) is 17.6 Å². The van der Waals surface area contributed by atoms with E-state index in [9.17, 15) is 4.79 Å². The molecule has 1 aromatic rings. The van der Waals surface area contributed by atoms with Gasteiger partial charge in [-0.3, -0.25) is 0 Å². The average molecular weight is 319 g/mol. The van der Waals surface area contributed by atoms with Gasteiger partial charge in [0.15, 0.2) is 0 Å². The minimum Gasteiger partial charge on any atom is -0.477 e. The molecule has 6 heteroatoms. The Morgan fingerprint density at radius 1 is 1.52 bits per heavy atom. The van der Waals surface area contributed by atoms with E-state index in [2.05, 4.69) is 4.98 Å². The van der Waals surface area contributed by atoms with Gasteiger partial charge in [0, 0.05) is 51.5 Å². The van der Waals surface area contributed by atoms with Crippen molar-refractivity contribution in [3.05, 3.63) is 24.4 Å². The fourth-order valence-electron chi connectivity index (χ4n) is 3.60. The smallest absolute Gasteiger partial charge is 0.319 e. The SMILES string of the molecule is CN(C)C(=O)N1CC[C@H]2OCCC[C@@]2(COc2ccccn2)C1. The lowest BCUT2D eigenvalue weighted by atomic mass is 9.73. The van der Waals surface area contributed by atoms with Crippen molar-refractivity contribution in [2.45, 2.75) is 25.4 Å². The molecule has 23 heavy (non-hydrogen) atoms. The molecule has 0 aromatic carbocycles. The van der Waals surface area contributed by atoms with Gasteiger partial charge in [0.2, 0.25) is 5.88 Å². The van der Waals surface area contributed by atoms with Crippen molar-refractivity contribution in [1.82, 2.24) is 14.8 Å². The van der Waals surface area contributed by atoms with E-state index in [4.69, 9.17) is 9.47 Å². The molecule has 3 rings (SSSR count). The lowest BCUT2D eigenvalue weighted by molar-refractivity contribution is -0.133. The van der Waals surface area contributed by atoms with Crippen LogP contribution in [0.4, 0.5) is 4.79 Å². The Hall–Kier alpha value is -1.82. The molecule has 0 radical (unpaired) electrons. The summed E-state index contributed by atoms with van der Waals surface area (Å²) in [6.45, 7) is 2.76. The maximum absolute atomic E-state index is 12.3. The highest BCUT2D eigenvalue weighted by atomic mass is 16.5. The third-order valence-corrected chi connectivity index (χ3v) is 4.79. The number of carbonyl (C=O) groups is 1. The van der Waals surface area contributed by atoms with Crippen LogP contribution in [0.5, 0.6) is 5.88 Å². The number of amides is 2. The number of rotatable bonds is 3. The molecule has 2 aliphatic heterocycles. The van der Waals surface area contributed by atoms with Crippen molar-refractivity contribution in [3.8, 4) is 5.88 Å². The molecule has 2 saturated heterocycles. The molecular weight excluding hydrogens is 294 g/mol. The molecule has 1 aromatic heterocycles. The Labute approximate surface area is 137 Å². The molecule has 2 amide bonds. The van der Waals surface area contributed by atoms with Gasteiger partial charge in [-0.05, 0) is 25.3 Å². The second kappa shape index (κ2) is 6.74. The van der Waals surface area contributed by atoms with E-state index in [1.54, 1.807) is 25.2 Å². The van der Waals surface area contributed by atoms with Crippen LogP contribution < -0.4 is 4.74 Å². The number of nitrogens with zero attached hydrogens (tertiary/aromatic N) is 3. The number of carbonyl (C=O) groups excluding carboxylic acids is 1. The zero-order chi connectivity index (χ0) is 16.3. The first kappa shape index (κ1) is 16.1. The maximum Gasteiger partial charge on any atom is 0.319 e. The van der Waals surface area contributed by atoms with E-state index in [0.717, 1.165) is 32.4 Å². The summed E-state index contributed by atoms with van der Waals surface area (Å²) >= 11 is 0. The first-order valence-electron chi connectivity index (χ1n) is 8.22. The highest BCUT2D eigenvalue weighted by Gasteiger charge is 2.48. The predicted molar refractivity (Wildman–Crippen MR) is 86.4 cm³/mol. The summed E-state index contributed by atoms with van der Waals surface area (Å²) in [5.41, 5.74) is -0.139. The maximum atomic E-state index is 12.3. The Balaban J connectivity index is 1.74. The molecule has 0 aliphatic carbocycles. The van der Waals surface area contributed by atoms with E-state index >= 15 is 0 Å². The third kappa shape index (κ3) is 3.42. The molecule has 0 saturated carbocycles. The number of hydrogen-bond donors (Lipinski definition) is 0. The number of hydrogen-bond acceptors (Lipinski definition) is 4. The van der Waals surface area contributed by atoms with E-state index in [1.807, 2.05) is 23.1 Å². The average Bonchev–Trinajstić information content (AvgIpc) is 2.59. The molecule has 126 valence electrons. The van der Waals surface area contributed by atoms with E-state index < -0.39 is 0 Å². The van der Waals surface area contributed by atoms with Crippen LogP contribution >= 0.6 is 0 Å². The van der Waals surface area contributed by atoms with E-state index in [0.29, 0.717) is 19.0 Å². The summed E-state index contributed by atoms with van der Waals surface area (Å²) in [5.74, 6) is 0.627. The van der Waals surface area contributed by atoms with Crippen LogP contribution in [0.15, 0.2) is 24.4 Å². The van der Waals surface area contributed by atoms with Gasteiger partial charge in [0.25, 0.3) is 0 Å². The van der Waals surface area contributed by atoms with Crippen molar-refractivity contribution in [2.75, 3.05) is 40.4 Å². The summed E-state index contributed by atoms with van der Waals surface area (Å²) in [7, 11) is 3.59. The van der Waals surface area contributed by atoms with Crippen molar-refractivity contribution >= 4 is 6.03 Å². The lowest BCUT2D eigenvalue weighted by Gasteiger charge is -2.50. The van der Waals surface area contributed by atoms with Gasteiger partial charge in [-0.25, -0.2) is 9.78 Å². The van der Waals surface area contributed by atoms with Crippen molar-refractivity contribution < 1.29 is 14.3 Å². The molecular formula is C17H25N3O3. The summed E-state index contributed by atoms with van der Waals surface area (Å²) in [4.78, 5) is 20.1. The number of pyridine rings is 1. The van der Waals surface area contributed by atoms with Gasteiger partial charge in [-0.1, -0.05) is 6.07 Å². The lowest BCUT2D eigenvalue weighted by Crippen LogP contribution is -2.59. The standard InChI is InChI=1S/C17H25N3O3/c1-19(2)16(21)20-10-7-14-17(12-20,8-5-11-22-14)13-23-15-6-3-4-9-18-15/h3-4,6,9,14H,5,7-8,10-13H2,1-2H3/t14-,17+/m1/s1.